The number of aliphatic hydroxyl groups excluding tert-OH is 1. The molecule has 0 unspecified atom stereocenters. The van der Waals surface area contributed by atoms with Gasteiger partial charge in [-0.1, -0.05) is 0 Å². The molecule has 27 heavy (non-hydrogen) atoms. The Bertz CT molecular complexity index is 951. The highest BCUT2D eigenvalue weighted by molar-refractivity contribution is 7.16. The SMILES string of the molecule is Cc1nc(CO)sc1-c1csc(CC(=O)Cc2cnc(C(F)(F)F)cn2)n1. The van der Waals surface area contributed by atoms with Gasteiger partial charge in [-0.2, -0.15) is 13.2 Å². The molecule has 0 amide bonds. The Labute approximate surface area is 159 Å². The second-order valence-electron chi connectivity index (χ2n) is 5.59. The van der Waals surface area contributed by atoms with Gasteiger partial charge in [-0.3, -0.25) is 9.78 Å². The number of ketones is 1. The van der Waals surface area contributed by atoms with Crippen molar-refractivity contribution in [1.82, 2.24) is 19.9 Å². The van der Waals surface area contributed by atoms with E-state index in [1.165, 1.54) is 22.7 Å². The van der Waals surface area contributed by atoms with E-state index in [1.807, 2.05) is 12.3 Å². The summed E-state index contributed by atoms with van der Waals surface area (Å²) in [5.41, 5.74) is 0.528. The van der Waals surface area contributed by atoms with Gasteiger partial charge in [0.2, 0.25) is 0 Å². The van der Waals surface area contributed by atoms with Crippen LogP contribution in [0.3, 0.4) is 0 Å². The van der Waals surface area contributed by atoms with Crippen LogP contribution < -0.4 is 0 Å². The second-order valence-corrected chi connectivity index (χ2v) is 7.62. The Balaban J connectivity index is 1.65. The number of hydrogen-bond donors (Lipinski definition) is 1. The van der Waals surface area contributed by atoms with E-state index >= 15 is 0 Å². The van der Waals surface area contributed by atoms with E-state index in [4.69, 9.17) is 5.11 Å². The van der Waals surface area contributed by atoms with E-state index in [0.717, 1.165) is 16.8 Å². The lowest BCUT2D eigenvalue weighted by Crippen LogP contribution is -2.12. The van der Waals surface area contributed by atoms with Gasteiger partial charge in [0.1, 0.15) is 15.8 Å². The van der Waals surface area contributed by atoms with Gasteiger partial charge in [0.25, 0.3) is 0 Å². The van der Waals surface area contributed by atoms with Crippen molar-refractivity contribution in [2.75, 3.05) is 0 Å². The van der Waals surface area contributed by atoms with Gasteiger partial charge in [0.05, 0.1) is 47.6 Å². The van der Waals surface area contributed by atoms with Gasteiger partial charge in [0.15, 0.2) is 5.69 Å². The fourth-order valence-corrected chi connectivity index (χ4v) is 4.05. The average Bonchev–Trinajstić information content (AvgIpc) is 3.20. The Morgan fingerprint density at radius 3 is 2.52 bits per heavy atom. The molecular weight excluding hydrogens is 401 g/mol. The van der Waals surface area contributed by atoms with Crippen LogP contribution in [0.2, 0.25) is 0 Å². The molecule has 0 saturated heterocycles. The number of rotatable bonds is 6. The van der Waals surface area contributed by atoms with Crippen LogP contribution in [0, 0.1) is 6.92 Å². The largest absolute Gasteiger partial charge is 0.434 e. The van der Waals surface area contributed by atoms with Crippen molar-refractivity contribution >= 4 is 28.5 Å². The molecular formula is C16H13F3N4O2S2. The summed E-state index contributed by atoms with van der Waals surface area (Å²) in [6, 6.07) is 0. The minimum atomic E-state index is -4.56. The summed E-state index contributed by atoms with van der Waals surface area (Å²) in [4.78, 5) is 28.6. The summed E-state index contributed by atoms with van der Waals surface area (Å²) in [5, 5.41) is 12.2. The Hall–Kier alpha value is -2.24. The Morgan fingerprint density at radius 2 is 1.93 bits per heavy atom. The lowest BCUT2D eigenvalue weighted by atomic mass is 10.2. The van der Waals surface area contributed by atoms with E-state index in [-0.39, 0.29) is 30.9 Å². The molecule has 0 radical (unpaired) electrons. The third-order valence-corrected chi connectivity index (χ3v) is 5.50. The fourth-order valence-electron chi connectivity index (χ4n) is 2.28. The minimum absolute atomic E-state index is 0.0536. The summed E-state index contributed by atoms with van der Waals surface area (Å²) in [5.74, 6) is -0.220. The third kappa shape index (κ3) is 4.73. The van der Waals surface area contributed by atoms with E-state index in [2.05, 4.69) is 19.9 Å². The number of halogens is 3. The number of nitrogens with zero attached hydrogens (tertiary/aromatic N) is 4. The topological polar surface area (TPSA) is 88.9 Å². The number of hydrogen-bond acceptors (Lipinski definition) is 8. The summed E-state index contributed by atoms with van der Waals surface area (Å²) in [6.45, 7) is 1.67. The first-order chi connectivity index (χ1) is 12.8. The Morgan fingerprint density at radius 1 is 1.15 bits per heavy atom. The van der Waals surface area contributed by atoms with Crippen LogP contribution in [0.1, 0.15) is 27.1 Å². The maximum Gasteiger partial charge on any atom is 0.434 e. The van der Waals surface area contributed by atoms with Crippen molar-refractivity contribution < 1.29 is 23.1 Å². The average molecular weight is 414 g/mol. The normalized spacial score (nSPS) is 11.7. The van der Waals surface area contributed by atoms with Gasteiger partial charge in [0, 0.05) is 11.6 Å². The number of thiazole rings is 2. The summed E-state index contributed by atoms with van der Waals surface area (Å²) in [7, 11) is 0. The molecule has 3 rings (SSSR count). The highest BCUT2D eigenvalue weighted by Crippen LogP contribution is 2.31. The number of carbonyl (C=O) groups excluding carboxylic acids is 1. The first-order valence-corrected chi connectivity index (χ1v) is 9.37. The zero-order valence-corrected chi connectivity index (χ0v) is 15.6. The van der Waals surface area contributed by atoms with Crippen molar-refractivity contribution in [1.29, 1.82) is 0 Å². The molecule has 0 saturated carbocycles. The lowest BCUT2D eigenvalue weighted by Gasteiger charge is -2.05. The van der Waals surface area contributed by atoms with E-state index in [9.17, 15) is 18.0 Å². The molecule has 0 fully saturated rings. The van der Waals surface area contributed by atoms with Crippen molar-refractivity contribution in [2.24, 2.45) is 0 Å². The number of alkyl halides is 3. The minimum Gasteiger partial charge on any atom is -0.389 e. The number of aromatic nitrogens is 4. The van der Waals surface area contributed by atoms with Crippen LogP contribution in [-0.2, 0) is 30.4 Å². The van der Waals surface area contributed by atoms with Crippen molar-refractivity contribution in [3.8, 4) is 10.6 Å². The predicted octanol–water partition coefficient (Wildman–Crippen LogP) is 3.23. The monoisotopic (exact) mass is 414 g/mol. The first-order valence-electron chi connectivity index (χ1n) is 7.68. The van der Waals surface area contributed by atoms with Crippen LogP contribution in [0.25, 0.3) is 10.6 Å². The molecule has 0 bridgehead atoms. The van der Waals surface area contributed by atoms with Crippen molar-refractivity contribution in [3.05, 3.63) is 44.9 Å². The fraction of sp³-hybridized carbons (Fsp3) is 0.312. The quantitative estimate of drug-likeness (QED) is 0.666. The molecule has 1 N–H and O–H groups in total. The molecule has 0 aliphatic heterocycles. The second kappa shape index (κ2) is 7.79. The van der Waals surface area contributed by atoms with Crippen LogP contribution in [0.4, 0.5) is 13.2 Å². The zero-order valence-electron chi connectivity index (χ0n) is 13.9. The number of Topliss-reactive ketones (excluding diaryl/α,β-unsaturated/α-hetero) is 1. The lowest BCUT2D eigenvalue weighted by molar-refractivity contribution is -0.141. The van der Waals surface area contributed by atoms with Gasteiger partial charge < -0.3 is 5.11 Å². The molecule has 3 aromatic heterocycles. The molecule has 11 heteroatoms. The summed E-state index contributed by atoms with van der Waals surface area (Å²) < 4.78 is 37.4. The van der Waals surface area contributed by atoms with Gasteiger partial charge in [-0.15, -0.1) is 22.7 Å². The number of aryl methyl sites for hydroxylation is 1. The van der Waals surface area contributed by atoms with E-state index in [1.54, 1.807) is 0 Å². The van der Waals surface area contributed by atoms with Crippen LogP contribution in [0.15, 0.2) is 17.8 Å². The van der Waals surface area contributed by atoms with Crippen molar-refractivity contribution in [2.45, 2.75) is 32.5 Å². The highest BCUT2D eigenvalue weighted by atomic mass is 32.1. The molecule has 3 heterocycles. The maximum atomic E-state index is 12.5. The standard InChI is InChI=1S/C16H13F3N4O2S2/c1-8-15(27-14(6-24)22-8)11-7-26-13(23-11)3-10(25)2-9-4-21-12(5-20-9)16(17,18)19/h4-5,7,24H,2-3,6H2,1H3. The molecule has 0 aromatic carbocycles. The van der Waals surface area contributed by atoms with Crippen LogP contribution in [0.5, 0.6) is 0 Å². The molecule has 6 nitrogen and oxygen atoms in total. The highest BCUT2D eigenvalue weighted by Gasteiger charge is 2.32. The number of aliphatic hydroxyl groups is 1. The van der Waals surface area contributed by atoms with Gasteiger partial charge in [-0.25, -0.2) is 15.0 Å². The molecule has 142 valence electrons. The number of carbonyl (C=O) groups is 1. The maximum absolute atomic E-state index is 12.5. The molecule has 0 aliphatic carbocycles. The smallest absolute Gasteiger partial charge is 0.389 e. The zero-order chi connectivity index (χ0) is 19.6. The van der Waals surface area contributed by atoms with Gasteiger partial charge >= 0.3 is 6.18 Å². The van der Waals surface area contributed by atoms with Crippen molar-refractivity contribution in [3.63, 3.8) is 0 Å². The van der Waals surface area contributed by atoms with E-state index in [0.29, 0.717) is 21.9 Å². The predicted molar refractivity (Wildman–Crippen MR) is 93.3 cm³/mol. The van der Waals surface area contributed by atoms with E-state index < -0.39 is 11.9 Å². The van der Waals surface area contributed by atoms with Crippen LogP contribution in [-0.4, -0.2) is 30.8 Å². The summed E-state index contributed by atoms with van der Waals surface area (Å²) in [6.07, 6.45) is -3.04. The van der Waals surface area contributed by atoms with Gasteiger partial charge in [-0.05, 0) is 6.92 Å². The molecule has 0 aliphatic rings. The molecule has 0 atom stereocenters. The first kappa shape index (κ1) is 19.5. The van der Waals surface area contributed by atoms with Crippen LogP contribution >= 0.6 is 22.7 Å². The molecule has 0 spiro atoms. The Kier molecular flexibility index (Phi) is 5.63. The third-order valence-electron chi connectivity index (χ3n) is 3.48. The summed E-state index contributed by atoms with van der Waals surface area (Å²) >= 11 is 2.65. The molecule has 3 aromatic rings.